The lowest BCUT2D eigenvalue weighted by atomic mass is 10.0. The second kappa shape index (κ2) is 6.93. The molecule has 0 amide bonds. The summed E-state index contributed by atoms with van der Waals surface area (Å²) >= 11 is 5.98. The highest BCUT2D eigenvalue weighted by Crippen LogP contribution is 2.18. The molecule has 1 rings (SSSR count). The zero-order chi connectivity index (χ0) is 12.0. The van der Waals surface area contributed by atoms with Crippen LogP contribution in [0.4, 0.5) is 0 Å². The molecule has 2 heteroatoms. The zero-order valence-electron chi connectivity index (χ0n) is 10.5. The van der Waals surface area contributed by atoms with Crippen molar-refractivity contribution in [3.05, 3.63) is 34.9 Å². The fourth-order valence-corrected chi connectivity index (χ4v) is 2.01. The lowest BCUT2D eigenvalue weighted by Crippen LogP contribution is -2.25. The first-order valence-corrected chi connectivity index (χ1v) is 6.54. The van der Waals surface area contributed by atoms with Crippen LogP contribution in [0, 0.1) is 5.92 Å². The van der Waals surface area contributed by atoms with Crippen molar-refractivity contribution in [1.82, 2.24) is 5.32 Å². The zero-order valence-corrected chi connectivity index (χ0v) is 11.2. The molecule has 0 aromatic heterocycles. The van der Waals surface area contributed by atoms with Crippen molar-refractivity contribution in [3.63, 3.8) is 0 Å². The topological polar surface area (TPSA) is 12.0 Å². The molecular formula is C14H22ClN. The lowest BCUT2D eigenvalue weighted by molar-refractivity contribution is 0.422. The summed E-state index contributed by atoms with van der Waals surface area (Å²) in [7, 11) is 0. The third kappa shape index (κ3) is 4.15. The summed E-state index contributed by atoms with van der Waals surface area (Å²) in [6.07, 6.45) is 2.48. The summed E-state index contributed by atoms with van der Waals surface area (Å²) in [5.74, 6) is 0.779. The van der Waals surface area contributed by atoms with E-state index in [4.69, 9.17) is 11.6 Å². The molecule has 0 unspecified atom stereocenters. The molecule has 0 radical (unpaired) electrons. The van der Waals surface area contributed by atoms with Crippen LogP contribution in [-0.4, -0.2) is 6.54 Å². The molecule has 0 bridgehead atoms. The van der Waals surface area contributed by atoms with Crippen LogP contribution in [0.5, 0.6) is 0 Å². The van der Waals surface area contributed by atoms with Crippen LogP contribution >= 0.6 is 11.6 Å². The first-order chi connectivity index (χ1) is 7.67. The molecule has 16 heavy (non-hydrogen) atoms. The third-order valence-electron chi connectivity index (χ3n) is 3.22. The van der Waals surface area contributed by atoms with E-state index in [1.165, 1.54) is 18.4 Å². The summed E-state index contributed by atoms with van der Waals surface area (Å²) in [5, 5.41) is 4.38. The van der Waals surface area contributed by atoms with Gasteiger partial charge in [-0.1, -0.05) is 50.4 Å². The largest absolute Gasteiger partial charge is 0.310 e. The van der Waals surface area contributed by atoms with Crippen molar-refractivity contribution in [3.8, 4) is 0 Å². The summed E-state index contributed by atoms with van der Waals surface area (Å²) in [4.78, 5) is 0. The molecule has 0 saturated carbocycles. The van der Waals surface area contributed by atoms with Crippen molar-refractivity contribution in [1.29, 1.82) is 0 Å². The van der Waals surface area contributed by atoms with E-state index in [1.807, 2.05) is 18.2 Å². The number of nitrogens with one attached hydrogen (secondary N) is 1. The standard InChI is InChI=1S/C14H22ClN/c1-4-12(5-2)10-16-11(3)13-7-6-8-14(15)9-13/h6-9,11-12,16H,4-5,10H2,1-3H3/t11-/m0/s1. The van der Waals surface area contributed by atoms with E-state index in [1.54, 1.807) is 0 Å². The van der Waals surface area contributed by atoms with Gasteiger partial charge in [0.1, 0.15) is 0 Å². The van der Waals surface area contributed by atoms with Gasteiger partial charge in [0.2, 0.25) is 0 Å². The van der Waals surface area contributed by atoms with Crippen molar-refractivity contribution in [2.75, 3.05) is 6.54 Å². The molecule has 90 valence electrons. The Balaban J connectivity index is 2.49. The van der Waals surface area contributed by atoms with Gasteiger partial charge in [0.15, 0.2) is 0 Å². The number of hydrogen-bond donors (Lipinski definition) is 1. The van der Waals surface area contributed by atoms with Crippen molar-refractivity contribution in [2.45, 2.75) is 39.7 Å². The van der Waals surface area contributed by atoms with E-state index >= 15 is 0 Å². The van der Waals surface area contributed by atoms with Gasteiger partial charge in [-0.2, -0.15) is 0 Å². The van der Waals surface area contributed by atoms with Crippen LogP contribution in [0.2, 0.25) is 5.02 Å². The molecule has 1 aromatic rings. The first kappa shape index (κ1) is 13.5. The minimum absolute atomic E-state index is 0.374. The number of benzene rings is 1. The number of halogens is 1. The Morgan fingerprint density at radius 2 is 1.94 bits per heavy atom. The second-order valence-electron chi connectivity index (χ2n) is 4.37. The highest BCUT2D eigenvalue weighted by Gasteiger charge is 2.08. The molecular weight excluding hydrogens is 218 g/mol. The van der Waals surface area contributed by atoms with E-state index in [0.29, 0.717) is 6.04 Å². The summed E-state index contributed by atoms with van der Waals surface area (Å²) in [6.45, 7) is 7.77. The van der Waals surface area contributed by atoms with Crippen LogP contribution in [0.3, 0.4) is 0 Å². The van der Waals surface area contributed by atoms with Crippen molar-refractivity contribution < 1.29 is 0 Å². The fourth-order valence-electron chi connectivity index (χ4n) is 1.81. The maximum absolute atomic E-state index is 5.98. The van der Waals surface area contributed by atoms with Gasteiger partial charge in [0, 0.05) is 11.1 Å². The Bertz CT molecular complexity index is 307. The van der Waals surface area contributed by atoms with E-state index < -0.39 is 0 Å². The van der Waals surface area contributed by atoms with E-state index in [-0.39, 0.29) is 0 Å². The first-order valence-electron chi connectivity index (χ1n) is 6.16. The quantitative estimate of drug-likeness (QED) is 0.775. The smallest absolute Gasteiger partial charge is 0.0409 e. The van der Waals surface area contributed by atoms with Gasteiger partial charge >= 0.3 is 0 Å². The van der Waals surface area contributed by atoms with E-state index in [9.17, 15) is 0 Å². The Labute approximate surface area is 104 Å². The summed E-state index contributed by atoms with van der Waals surface area (Å²) in [6, 6.07) is 8.45. The van der Waals surface area contributed by atoms with Crippen LogP contribution in [0.1, 0.15) is 45.2 Å². The van der Waals surface area contributed by atoms with Gasteiger partial charge in [0.25, 0.3) is 0 Å². The summed E-state index contributed by atoms with van der Waals surface area (Å²) < 4.78 is 0. The van der Waals surface area contributed by atoms with Gasteiger partial charge < -0.3 is 5.32 Å². The normalized spacial score (nSPS) is 13.1. The molecule has 0 heterocycles. The van der Waals surface area contributed by atoms with Crippen LogP contribution < -0.4 is 5.32 Å². The third-order valence-corrected chi connectivity index (χ3v) is 3.45. The van der Waals surface area contributed by atoms with Crippen LogP contribution in [-0.2, 0) is 0 Å². The molecule has 1 N–H and O–H groups in total. The average molecular weight is 240 g/mol. The highest BCUT2D eigenvalue weighted by molar-refractivity contribution is 6.30. The molecule has 0 aliphatic rings. The molecule has 0 fully saturated rings. The van der Waals surface area contributed by atoms with E-state index in [2.05, 4.69) is 32.2 Å². The predicted molar refractivity (Wildman–Crippen MR) is 71.9 cm³/mol. The van der Waals surface area contributed by atoms with Gasteiger partial charge in [-0.3, -0.25) is 0 Å². The van der Waals surface area contributed by atoms with Gasteiger partial charge in [-0.25, -0.2) is 0 Å². The van der Waals surface area contributed by atoms with Gasteiger partial charge in [-0.15, -0.1) is 0 Å². The van der Waals surface area contributed by atoms with Crippen molar-refractivity contribution in [2.24, 2.45) is 5.92 Å². The van der Waals surface area contributed by atoms with Crippen molar-refractivity contribution >= 4 is 11.6 Å². The maximum Gasteiger partial charge on any atom is 0.0409 e. The molecule has 1 aromatic carbocycles. The Morgan fingerprint density at radius 1 is 1.25 bits per heavy atom. The molecule has 1 nitrogen and oxygen atoms in total. The number of rotatable bonds is 6. The minimum atomic E-state index is 0.374. The fraction of sp³-hybridized carbons (Fsp3) is 0.571. The second-order valence-corrected chi connectivity index (χ2v) is 4.80. The molecule has 0 aliphatic heterocycles. The number of hydrogen-bond acceptors (Lipinski definition) is 1. The monoisotopic (exact) mass is 239 g/mol. The maximum atomic E-state index is 5.98. The lowest BCUT2D eigenvalue weighted by Gasteiger charge is -2.19. The predicted octanol–water partition coefficient (Wildman–Crippen LogP) is 4.43. The molecule has 0 spiro atoms. The Kier molecular flexibility index (Phi) is 5.86. The molecule has 0 saturated heterocycles. The average Bonchev–Trinajstić information content (AvgIpc) is 2.30. The highest BCUT2D eigenvalue weighted by atomic mass is 35.5. The molecule has 1 atom stereocenters. The Hall–Kier alpha value is -0.530. The van der Waals surface area contributed by atoms with Crippen LogP contribution in [0.25, 0.3) is 0 Å². The Morgan fingerprint density at radius 3 is 2.50 bits per heavy atom. The summed E-state index contributed by atoms with van der Waals surface area (Å²) in [5.41, 5.74) is 1.26. The van der Waals surface area contributed by atoms with Gasteiger partial charge in [-0.05, 0) is 37.1 Å². The molecule has 0 aliphatic carbocycles. The minimum Gasteiger partial charge on any atom is -0.310 e. The van der Waals surface area contributed by atoms with Gasteiger partial charge in [0.05, 0.1) is 0 Å². The SMILES string of the molecule is CCC(CC)CN[C@@H](C)c1cccc(Cl)c1. The van der Waals surface area contributed by atoms with E-state index in [0.717, 1.165) is 17.5 Å². The van der Waals surface area contributed by atoms with Crippen LogP contribution in [0.15, 0.2) is 24.3 Å².